The van der Waals surface area contributed by atoms with Crippen LogP contribution in [-0.4, -0.2) is 61.2 Å². The Labute approximate surface area is 201 Å². The van der Waals surface area contributed by atoms with Crippen molar-refractivity contribution in [3.05, 3.63) is 65.9 Å². The number of fused-ring (bicyclic) bond motifs is 2. The van der Waals surface area contributed by atoms with Gasteiger partial charge in [0.05, 0.1) is 31.0 Å². The topological polar surface area (TPSA) is 121 Å². The lowest BCUT2D eigenvalue weighted by atomic mass is 10.00. The van der Waals surface area contributed by atoms with Gasteiger partial charge in [0.2, 0.25) is 5.95 Å². The number of hydrogen-bond acceptors (Lipinski definition) is 8. The second-order valence-corrected chi connectivity index (χ2v) is 8.76. The van der Waals surface area contributed by atoms with Gasteiger partial charge < -0.3 is 20.1 Å². The predicted molar refractivity (Wildman–Crippen MR) is 128 cm³/mol. The molecule has 0 unspecified atom stereocenters. The largest absolute Gasteiger partial charge is 0.488 e. The van der Waals surface area contributed by atoms with Gasteiger partial charge in [-0.15, -0.1) is 5.10 Å². The lowest BCUT2D eigenvalue weighted by Crippen LogP contribution is -2.38. The summed E-state index contributed by atoms with van der Waals surface area (Å²) in [6, 6.07) is 9.48. The predicted octanol–water partition coefficient (Wildman–Crippen LogP) is 2.52. The third-order valence-electron chi connectivity index (χ3n) is 6.44. The quantitative estimate of drug-likeness (QED) is 0.471. The van der Waals surface area contributed by atoms with Crippen LogP contribution in [0.5, 0.6) is 5.75 Å². The van der Waals surface area contributed by atoms with Crippen molar-refractivity contribution >= 4 is 17.5 Å². The molecule has 0 saturated carbocycles. The second-order valence-electron chi connectivity index (χ2n) is 8.76. The Balaban J connectivity index is 1.24. The molecule has 6 heterocycles. The molecule has 35 heavy (non-hydrogen) atoms. The van der Waals surface area contributed by atoms with Crippen LogP contribution in [0.3, 0.4) is 0 Å². The van der Waals surface area contributed by atoms with Crippen LogP contribution in [0.1, 0.15) is 34.6 Å². The molecule has 10 heteroatoms. The van der Waals surface area contributed by atoms with E-state index in [4.69, 9.17) is 15.2 Å². The molecule has 0 aliphatic carbocycles. The molecule has 0 aromatic carbocycles. The molecule has 0 radical (unpaired) electrons. The van der Waals surface area contributed by atoms with Crippen molar-refractivity contribution in [1.29, 1.82) is 0 Å². The summed E-state index contributed by atoms with van der Waals surface area (Å²) < 4.78 is 13.3. The van der Waals surface area contributed by atoms with Gasteiger partial charge in [0.25, 0.3) is 5.91 Å². The average molecular weight is 472 g/mol. The second kappa shape index (κ2) is 8.95. The highest BCUT2D eigenvalue weighted by molar-refractivity contribution is 5.97. The van der Waals surface area contributed by atoms with Gasteiger partial charge in [-0.2, -0.15) is 4.98 Å². The monoisotopic (exact) mass is 471 g/mol. The summed E-state index contributed by atoms with van der Waals surface area (Å²) in [5.74, 6) is 0.882. The molecule has 0 spiro atoms. The van der Waals surface area contributed by atoms with E-state index < -0.39 is 0 Å². The van der Waals surface area contributed by atoms with Gasteiger partial charge in [-0.1, -0.05) is 0 Å². The number of carbonyl (C=O) groups excluding carboxylic acids is 1. The summed E-state index contributed by atoms with van der Waals surface area (Å²) in [5, 5.41) is 4.11. The minimum absolute atomic E-state index is 0.0592. The first-order valence-corrected chi connectivity index (χ1v) is 11.7. The Morgan fingerprint density at radius 2 is 2.03 bits per heavy atom. The van der Waals surface area contributed by atoms with E-state index in [1.54, 1.807) is 23.1 Å². The van der Waals surface area contributed by atoms with E-state index in [9.17, 15) is 4.79 Å². The molecule has 2 aliphatic rings. The number of anilines is 1. The van der Waals surface area contributed by atoms with Gasteiger partial charge >= 0.3 is 0 Å². The number of hydrogen-bond donors (Lipinski definition) is 1. The zero-order valence-electron chi connectivity index (χ0n) is 19.1. The minimum Gasteiger partial charge on any atom is -0.488 e. The maximum atomic E-state index is 13.5. The van der Waals surface area contributed by atoms with E-state index in [2.05, 4.69) is 20.1 Å². The summed E-state index contributed by atoms with van der Waals surface area (Å²) in [6.45, 7) is 2.37. The molecule has 2 N–H and O–H groups in total. The van der Waals surface area contributed by atoms with Crippen LogP contribution in [0.4, 0.5) is 5.95 Å². The van der Waals surface area contributed by atoms with Crippen molar-refractivity contribution in [2.24, 2.45) is 0 Å². The van der Waals surface area contributed by atoms with E-state index in [-0.39, 0.29) is 18.0 Å². The minimum atomic E-state index is -0.0592. The maximum Gasteiger partial charge on any atom is 0.256 e. The van der Waals surface area contributed by atoms with Crippen LogP contribution < -0.4 is 10.5 Å². The Morgan fingerprint density at radius 3 is 2.91 bits per heavy atom. The molecule has 0 bridgehead atoms. The van der Waals surface area contributed by atoms with Gasteiger partial charge in [0.1, 0.15) is 17.5 Å². The lowest BCUT2D eigenvalue weighted by Gasteiger charge is -2.29. The van der Waals surface area contributed by atoms with Crippen molar-refractivity contribution in [3.63, 3.8) is 0 Å². The lowest BCUT2D eigenvalue weighted by molar-refractivity contribution is 0.0247. The number of carbonyl (C=O) groups is 1. The first-order valence-electron chi connectivity index (χ1n) is 11.7. The molecule has 4 aromatic rings. The fourth-order valence-corrected chi connectivity index (χ4v) is 4.58. The number of aromatic nitrogens is 5. The number of ether oxygens (including phenoxy) is 2. The molecule has 178 valence electrons. The Morgan fingerprint density at radius 1 is 1.14 bits per heavy atom. The normalized spacial score (nSPS) is 16.5. The van der Waals surface area contributed by atoms with Crippen molar-refractivity contribution in [3.8, 4) is 16.9 Å². The number of nitrogen functional groups attached to an aromatic ring is 1. The molecule has 0 atom stereocenters. The zero-order valence-corrected chi connectivity index (χ0v) is 19.1. The van der Waals surface area contributed by atoms with E-state index in [1.807, 2.05) is 35.2 Å². The Bertz CT molecular complexity index is 1400. The molecular weight excluding hydrogens is 446 g/mol. The van der Waals surface area contributed by atoms with Crippen LogP contribution in [0.25, 0.3) is 16.8 Å². The van der Waals surface area contributed by atoms with Crippen LogP contribution >= 0.6 is 0 Å². The van der Waals surface area contributed by atoms with E-state index >= 15 is 0 Å². The number of rotatable bonds is 5. The molecule has 10 nitrogen and oxygen atoms in total. The molecular formula is C25H25N7O3. The third-order valence-corrected chi connectivity index (χ3v) is 6.44. The molecule has 1 fully saturated rings. The Hall–Kier alpha value is -4.05. The standard InChI is InChI=1S/C25H25N7O3/c26-25-29-23-13-16(3-9-32(23)30-25)17-12-19-20(28-14-17)4-8-31(24(19)33)15-21-22(2-1-7-27-21)35-18-5-10-34-11-6-18/h1-3,7,9,12-14,18H,4-6,8,10-11,15H2,(H2,26,30). The van der Waals surface area contributed by atoms with Gasteiger partial charge in [0, 0.05) is 50.0 Å². The van der Waals surface area contributed by atoms with Gasteiger partial charge in [-0.05, 0) is 35.9 Å². The van der Waals surface area contributed by atoms with E-state index in [0.29, 0.717) is 43.9 Å². The van der Waals surface area contributed by atoms with Gasteiger partial charge in [-0.25, -0.2) is 4.52 Å². The Kier molecular flexibility index (Phi) is 5.49. The van der Waals surface area contributed by atoms with Crippen LogP contribution in [0.15, 0.2) is 48.9 Å². The smallest absolute Gasteiger partial charge is 0.256 e. The van der Waals surface area contributed by atoms with Crippen molar-refractivity contribution in [2.45, 2.75) is 31.9 Å². The number of amides is 1. The molecule has 1 saturated heterocycles. The first-order chi connectivity index (χ1) is 17.1. The summed E-state index contributed by atoms with van der Waals surface area (Å²) in [6.07, 6.45) is 7.83. The number of nitrogens with two attached hydrogens (primary N) is 1. The van der Waals surface area contributed by atoms with E-state index in [1.165, 1.54) is 0 Å². The molecule has 6 rings (SSSR count). The zero-order chi connectivity index (χ0) is 23.8. The summed E-state index contributed by atoms with van der Waals surface area (Å²) in [5.41, 5.74) is 10.2. The third kappa shape index (κ3) is 4.28. The van der Waals surface area contributed by atoms with Crippen LogP contribution in [0.2, 0.25) is 0 Å². The fraction of sp³-hybridized carbons (Fsp3) is 0.320. The van der Waals surface area contributed by atoms with Crippen molar-refractivity contribution in [2.75, 3.05) is 25.5 Å². The highest BCUT2D eigenvalue weighted by Crippen LogP contribution is 2.28. The number of pyridine rings is 3. The van der Waals surface area contributed by atoms with Crippen LogP contribution in [0, 0.1) is 0 Å². The van der Waals surface area contributed by atoms with Crippen molar-refractivity contribution in [1.82, 2.24) is 29.5 Å². The molecule has 1 amide bonds. The SMILES string of the molecule is Nc1nc2cc(-c3cnc4c(c3)C(=O)N(Cc3ncccc3OC3CCOCC3)CC4)ccn2n1. The summed E-state index contributed by atoms with van der Waals surface area (Å²) in [4.78, 5) is 28.6. The first kappa shape index (κ1) is 21.5. The average Bonchev–Trinajstić information content (AvgIpc) is 3.26. The maximum absolute atomic E-state index is 13.5. The number of nitrogens with zero attached hydrogens (tertiary/aromatic N) is 6. The van der Waals surface area contributed by atoms with Gasteiger partial charge in [0.15, 0.2) is 5.65 Å². The summed E-state index contributed by atoms with van der Waals surface area (Å²) in [7, 11) is 0. The molecule has 4 aromatic heterocycles. The van der Waals surface area contributed by atoms with Gasteiger partial charge in [-0.3, -0.25) is 14.8 Å². The van der Waals surface area contributed by atoms with E-state index in [0.717, 1.165) is 41.1 Å². The fourth-order valence-electron chi connectivity index (χ4n) is 4.58. The molecule has 2 aliphatic heterocycles. The summed E-state index contributed by atoms with van der Waals surface area (Å²) >= 11 is 0. The highest BCUT2D eigenvalue weighted by Gasteiger charge is 2.27. The van der Waals surface area contributed by atoms with Crippen molar-refractivity contribution < 1.29 is 14.3 Å². The highest BCUT2D eigenvalue weighted by atomic mass is 16.5. The van der Waals surface area contributed by atoms with Crippen LogP contribution in [-0.2, 0) is 17.7 Å².